The van der Waals surface area contributed by atoms with Gasteiger partial charge in [0.05, 0.1) is 12.6 Å². The minimum absolute atomic E-state index is 0.385. The van der Waals surface area contributed by atoms with Gasteiger partial charge in [-0.25, -0.2) is 0 Å². The van der Waals surface area contributed by atoms with Gasteiger partial charge in [-0.15, -0.1) is 0 Å². The lowest BCUT2D eigenvalue weighted by atomic mass is 10.1. The number of hydrogen-bond acceptors (Lipinski definition) is 5. The number of halogens is 1. The van der Waals surface area contributed by atoms with E-state index in [2.05, 4.69) is 16.0 Å². The van der Waals surface area contributed by atoms with Crippen LogP contribution in [0.4, 0.5) is 0 Å². The summed E-state index contributed by atoms with van der Waals surface area (Å²) in [5.74, 6) is -2.96. The first-order valence-electron chi connectivity index (χ1n) is 8.13. The van der Waals surface area contributed by atoms with Gasteiger partial charge in [0.2, 0.25) is 17.6 Å². The van der Waals surface area contributed by atoms with Crippen LogP contribution < -0.4 is 21.7 Å². The molecule has 0 heterocycles. The first-order valence-corrected chi connectivity index (χ1v) is 8.51. The van der Waals surface area contributed by atoms with Crippen LogP contribution >= 0.6 is 11.6 Å². The molecule has 1 rings (SSSR count). The second-order valence-electron chi connectivity index (χ2n) is 5.63. The molecule has 0 bridgehead atoms. The molecule has 5 N–H and O–H groups in total. The fraction of sp³-hybridized carbons (Fsp3) is 0.412. The second kappa shape index (κ2) is 10.5. The molecule has 0 spiro atoms. The fourth-order valence-corrected chi connectivity index (χ4v) is 2.52. The monoisotopic (exact) mass is 382 g/mol. The molecule has 0 radical (unpaired) electrons. The van der Waals surface area contributed by atoms with Gasteiger partial charge < -0.3 is 21.7 Å². The van der Waals surface area contributed by atoms with E-state index in [0.29, 0.717) is 17.0 Å². The van der Waals surface area contributed by atoms with Crippen LogP contribution in [0.1, 0.15) is 31.4 Å². The van der Waals surface area contributed by atoms with Gasteiger partial charge in [0, 0.05) is 5.02 Å². The Bertz CT molecular complexity index is 680. The van der Waals surface area contributed by atoms with Crippen LogP contribution in [-0.4, -0.2) is 43.1 Å². The lowest BCUT2D eigenvalue weighted by Gasteiger charge is -2.17. The summed E-state index contributed by atoms with van der Waals surface area (Å²) in [5, 5.41) is 7.80. The third-order valence-corrected chi connectivity index (χ3v) is 3.88. The Kier molecular flexibility index (Phi) is 8.74. The SMILES string of the molecule is CCCC(NC)C(=O)C(=O)NCC(=O)NC(C(N)=O)c1cccc(Cl)c1. The van der Waals surface area contributed by atoms with Crippen molar-refractivity contribution in [2.24, 2.45) is 5.73 Å². The molecule has 2 atom stereocenters. The van der Waals surface area contributed by atoms with Crippen molar-refractivity contribution in [3.8, 4) is 0 Å². The first-order chi connectivity index (χ1) is 12.3. The molecule has 3 amide bonds. The largest absolute Gasteiger partial charge is 0.368 e. The van der Waals surface area contributed by atoms with Gasteiger partial charge in [0.1, 0.15) is 6.04 Å². The third-order valence-electron chi connectivity index (χ3n) is 3.65. The van der Waals surface area contributed by atoms with E-state index in [0.717, 1.165) is 6.42 Å². The highest BCUT2D eigenvalue weighted by Crippen LogP contribution is 2.17. The van der Waals surface area contributed by atoms with Gasteiger partial charge in [0.25, 0.3) is 5.91 Å². The summed E-state index contributed by atoms with van der Waals surface area (Å²) in [6.07, 6.45) is 1.23. The summed E-state index contributed by atoms with van der Waals surface area (Å²) in [6.45, 7) is 1.43. The Morgan fingerprint density at radius 3 is 2.46 bits per heavy atom. The number of primary amides is 1. The molecule has 0 saturated heterocycles. The third kappa shape index (κ3) is 6.45. The van der Waals surface area contributed by atoms with Crippen molar-refractivity contribution >= 4 is 35.1 Å². The summed E-state index contributed by atoms with van der Waals surface area (Å²) < 4.78 is 0. The smallest absolute Gasteiger partial charge is 0.289 e. The highest BCUT2D eigenvalue weighted by atomic mass is 35.5. The van der Waals surface area contributed by atoms with Gasteiger partial charge in [0.15, 0.2) is 0 Å². The zero-order valence-electron chi connectivity index (χ0n) is 14.7. The summed E-state index contributed by atoms with van der Waals surface area (Å²) in [4.78, 5) is 47.5. The maximum Gasteiger partial charge on any atom is 0.289 e. The fourth-order valence-electron chi connectivity index (χ4n) is 2.32. The van der Waals surface area contributed by atoms with Crippen molar-refractivity contribution in [2.75, 3.05) is 13.6 Å². The molecule has 0 fully saturated rings. The predicted octanol–water partition coefficient (Wildman–Crippen LogP) is 0.0560. The van der Waals surface area contributed by atoms with E-state index in [1.54, 1.807) is 25.2 Å². The van der Waals surface area contributed by atoms with Gasteiger partial charge in [-0.3, -0.25) is 19.2 Å². The Labute approximate surface area is 156 Å². The molecule has 142 valence electrons. The normalized spacial score (nSPS) is 12.7. The zero-order valence-corrected chi connectivity index (χ0v) is 15.4. The number of benzene rings is 1. The Morgan fingerprint density at radius 2 is 1.92 bits per heavy atom. The van der Waals surface area contributed by atoms with Crippen molar-refractivity contribution in [1.29, 1.82) is 0 Å². The molecule has 0 saturated carbocycles. The standard InChI is InChI=1S/C17H23ClN4O4/c1-3-5-12(20-2)15(24)17(26)21-9-13(23)22-14(16(19)25)10-6-4-7-11(18)8-10/h4,6-8,12,14,20H,3,5,9H2,1-2H3,(H2,19,25)(H,21,26)(H,22,23). The van der Waals surface area contributed by atoms with E-state index in [-0.39, 0.29) is 0 Å². The number of amides is 3. The number of carbonyl (C=O) groups excluding carboxylic acids is 4. The number of rotatable bonds is 10. The van der Waals surface area contributed by atoms with E-state index in [9.17, 15) is 19.2 Å². The van der Waals surface area contributed by atoms with E-state index >= 15 is 0 Å². The van der Waals surface area contributed by atoms with Gasteiger partial charge in [-0.05, 0) is 31.2 Å². The van der Waals surface area contributed by atoms with E-state index < -0.39 is 42.1 Å². The van der Waals surface area contributed by atoms with Crippen molar-refractivity contribution in [1.82, 2.24) is 16.0 Å². The molecule has 0 aromatic heterocycles. The summed E-state index contributed by atoms with van der Waals surface area (Å²) in [5.41, 5.74) is 5.73. The molecule has 0 aliphatic carbocycles. The number of nitrogens with two attached hydrogens (primary N) is 1. The van der Waals surface area contributed by atoms with Crippen LogP contribution in [0.5, 0.6) is 0 Å². The average Bonchev–Trinajstić information content (AvgIpc) is 2.61. The molecule has 8 nitrogen and oxygen atoms in total. The lowest BCUT2D eigenvalue weighted by molar-refractivity contribution is -0.139. The lowest BCUT2D eigenvalue weighted by Crippen LogP contribution is -2.48. The number of likely N-dealkylation sites (N-methyl/N-ethyl adjacent to an activating group) is 1. The van der Waals surface area contributed by atoms with Crippen molar-refractivity contribution in [3.63, 3.8) is 0 Å². The van der Waals surface area contributed by atoms with E-state index in [4.69, 9.17) is 17.3 Å². The molecule has 1 aromatic carbocycles. The molecule has 0 aliphatic rings. The number of nitrogens with one attached hydrogen (secondary N) is 3. The highest BCUT2D eigenvalue weighted by Gasteiger charge is 2.25. The van der Waals surface area contributed by atoms with Crippen LogP contribution in [-0.2, 0) is 19.2 Å². The Morgan fingerprint density at radius 1 is 1.23 bits per heavy atom. The van der Waals surface area contributed by atoms with Crippen LogP contribution in [0.2, 0.25) is 5.02 Å². The Hall–Kier alpha value is -2.45. The van der Waals surface area contributed by atoms with Crippen LogP contribution in [0.25, 0.3) is 0 Å². The molecule has 26 heavy (non-hydrogen) atoms. The Balaban J connectivity index is 2.65. The van der Waals surface area contributed by atoms with Crippen molar-refractivity contribution < 1.29 is 19.2 Å². The number of Topliss-reactive ketones (excluding diaryl/α,β-unsaturated/α-hetero) is 1. The van der Waals surface area contributed by atoms with Crippen molar-refractivity contribution in [3.05, 3.63) is 34.9 Å². The second-order valence-corrected chi connectivity index (χ2v) is 6.07. The predicted molar refractivity (Wildman–Crippen MR) is 97.3 cm³/mol. The van der Waals surface area contributed by atoms with Gasteiger partial charge >= 0.3 is 0 Å². The first kappa shape index (κ1) is 21.6. The molecular weight excluding hydrogens is 360 g/mol. The average molecular weight is 383 g/mol. The number of ketones is 1. The summed E-state index contributed by atoms with van der Waals surface area (Å²) in [7, 11) is 1.58. The van der Waals surface area contributed by atoms with E-state index in [1.165, 1.54) is 6.07 Å². The number of carbonyl (C=O) groups is 4. The summed E-state index contributed by atoms with van der Waals surface area (Å²) in [6, 6.07) is 4.62. The van der Waals surface area contributed by atoms with Crippen LogP contribution in [0.15, 0.2) is 24.3 Å². The van der Waals surface area contributed by atoms with Crippen LogP contribution in [0, 0.1) is 0 Å². The maximum atomic E-state index is 12.0. The maximum absolute atomic E-state index is 12.0. The topological polar surface area (TPSA) is 130 Å². The summed E-state index contributed by atoms with van der Waals surface area (Å²) >= 11 is 5.87. The number of hydrogen-bond donors (Lipinski definition) is 4. The van der Waals surface area contributed by atoms with Gasteiger partial charge in [-0.1, -0.05) is 37.1 Å². The molecule has 2 unspecified atom stereocenters. The molecule has 1 aromatic rings. The van der Waals surface area contributed by atoms with Crippen LogP contribution in [0.3, 0.4) is 0 Å². The zero-order chi connectivity index (χ0) is 19.7. The van der Waals surface area contributed by atoms with Crippen molar-refractivity contribution in [2.45, 2.75) is 31.8 Å². The van der Waals surface area contributed by atoms with E-state index in [1.807, 2.05) is 6.92 Å². The quantitative estimate of drug-likeness (QED) is 0.425. The minimum atomic E-state index is -1.10. The minimum Gasteiger partial charge on any atom is -0.368 e. The molecule has 0 aliphatic heterocycles. The van der Waals surface area contributed by atoms with Gasteiger partial charge in [-0.2, -0.15) is 0 Å². The molecule has 9 heteroatoms. The highest BCUT2D eigenvalue weighted by molar-refractivity contribution is 6.38. The molecular formula is C17H23ClN4O4.